The van der Waals surface area contributed by atoms with Crippen molar-refractivity contribution in [2.75, 3.05) is 0 Å². The molecule has 0 amide bonds. The van der Waals surface area contributed by atoms with Crippen molar-refractivity contribution < 1.29 is 28.7 Å². The van der Waals surface area contributed by atoms with Crippen molar-refractivity contribution in [3.63, 3.8) is 0 Å². The molecule has 19 heavy (non-hydrogen) atoms. The molecule has 0 N–H and O–H groups in total. The zero-order chi connectivity index (χ0) is 14.3. The van der Waals surface area contributed by atoms with Crippen LogP contribution in [0.2, 0.25) is 0 Å². The van der Waals surface area contributed by atoms with Gasteiger partial charge in [0.15, 0.2) is 0 Å². The molecule has 0 aliphatic carbocycles. The smallest absolute Gasteiger partial charge is 0.399 e. The first-order valence-electron chi connectivity index (χ1n) is 5.17. The molecule has 0 atom stereocenters. The molecule has 0 radical (unpaired) electrons. The maximum absolute atomic E-state index is 10.6. The second-order valence-electron chi connectivity index (χ2n) is 3.39. The van der Waals surface area contributed by atoms with Crippen molar-refractivity contribution in [2.45, 2.75) is 32.0 Å². The first-order chi connectivity index (χ1) is 8.97. The van der Waals surface area contributed by atoms with Gasteiger partial charge in [0.25, 0.3) is 16.5 Å². The number of aryl methyl sites for hydroxylation is 1. The molecule has 11 nitrogen and oxygen atoms in total. The summed E-state index contributed by atoms with van der Waals surface area (Å²) in [4.78, 5) is 38.7. The number of unbranched alkanes of at least 4 members (excludes halogenated alkanes) is 1. The average molecular weight is 278 g/mol. The van der Waals surface area contributed by atoms with Crippen LogP contribution in [0.4, 0.5) is 0 Å². The number of hydrogen-bond acceptors (Lipinski definition) is 9. The summed E-state index contributed by atoms with van der Waals surface area (Å²) in [6.45, 7) is 0. The standard InChI is InChI=1S/C8H10N2O9/c11-8-16-5-6(17-8)3-1-2-4-7(18-9(12)13)19-10(14)15/h5,7H,1-4H2. The number of nitrogens with zero attached hydrogens (tertiary/aromatic N) is 2. The molecule has 0 aromatic carbocycles. The van der Waals surface area contributed by atoms with E-state index >= 15 is 0 Å². The highest BCUT2D eigenvalue weighted by Crippen LogP contribution is 2.10. The fraction of sp³-hybridized carbons (Fsp3) is 0.625. The summed E-state index contributed by atoms with van der Waals surface area (Å²) in [5, 5.41) is 17.8. The van der Waals surface area contributed by atoms with Gasteiger partial charge in [-0.3, -0.25) is 9.68 Å². The SMILES string of the molecule is O=c1occ(CCCCC(O[N+](=O)[O-])O[N+](=O)[O-])o1. The first-order valence-corrected chi connectivity index (χ1v) is 5.17. The molecule has 1 heterocycles. The summed E-state index contributed by atoms with van der Waals surface area (Å²) in [5.74, 6) is -0.492. The Balaban J connectivity index is 2.29. The zero-order valence-corrected chi connectivity index (χ0v) is 9.55. The lowest BCUT2D eigenvalue weighted by Gasteiger charge is -2.11. The van der Waals surface area contributed by atoms with Crippen molar-refractivity contribution in [3.05, 3.63) is 42.9 Å². The van der Waals surface area contributed by atoms with Gasteiger partial charge in [0.2, 0.25) is 0 Å². The van der Waals surface area contributed by atoms with Gasteiger partial charge in [-0.05, 0) is 19.3 Å². The minimum Gasteiger partial charge on any atom is -0.399 e. The van der Waals surface area contributed by atoms with Crippen molar-refractivity contribution in [1.29, 1.82) is 0 Å². The van der Waals surface area contributed by atoms with E-state index in [9.17, 15) is 25.0 Å². The van der Waals surface area contributed by atoms with Crippen LogP contribution < -0.4 is 5.82 Å². The predicted octanol–water partition coefficient (Wildman–Crippen LogP) is 0.688. The number of hydrogen-bond donors (Lipinski definition) is 0. The Labute approximate surface area is 104 Å². The molecule has 106 valence electrons. The molecule has 0 saturated carbocycles. The molecule has 0 aliphatic rings. The maximum Gasteiger partial charge on any atom is 0.518 e. The van der Waals surface area contributed by atoms with Crippen LogP contribution in [-0.4, -0.2) is 16.5 Å². The second kappa shape index (κ2) is 6.98. The van der Waals surface area contributed by atoms with E-state index in [1.807, 2.05) is 0 Å². The molecular formula is C8H10N2O9. The average Bonchev–Trinajstić information content (AvgIpc) is 2.68. The largest absolute Gasteiger partial charge is 0.518 e. The molecule has 1 rings (SSSR count). The zero-order valence-electron chi connectivity index (χ0n) is 9.55. The highest BCUT2D eigenvalue weighted by atomic mass is 17.0. The lowest BCUT2D eigenvalue weighted by Crippen LogP contribution is -2.23. The van der Waals surface area contributed by atoms with Crippen LogP contribution in [-0.2, 0) is 16.1 Å². The number of rotatable bonds is 9. The van der Waals surface area contributed by atoms with E-state index in [0.29, 0.717) is 25.0 Å². The van der Waals surface area contributed by atoms with Crippen LogP contribution in [0, 0.1) is 20.2 Å². The molecule has 1 aromatic rings. The Kier molecular flexibility index (Phi) is 5.32. The van der Waals surface area contributed by atoms with E-state index in [1.54, 1.807) is 0 Å². The second-order valence-corrected chi connectivity index (χ2v) is 3.39. The monoisotopic (exact) mass is 278 g/mol. The fourth-order valence-electron chi connectivity index (χ4n) is 1.31. The van der Waals surface area contributed by atoms with Crippen LogP contribution in [0.5, 0.6) is 0 Å². The Morgan fingerprint density at radius 2 is 1.84 bits per heavy atom. The van der Waals surface area contributed by atoms with Gasteiger partial charge in [-0.25, -0.2) is 4.79 Å². The third-order valence-corrected chi connectivity index (χ3v) is 2.02. The normalized spacial score (nSPS) is 10.4. The Bertz CT molecular complexity index is 463. The Morgan fingerprint density at radius 3 is 2.32 bits per heavy atom. The maximum atomic E-state index is 10.6. The van der Waals surface area contributed by atoms with Crippen LogP contribution in [0.15, 0.2) is 19.9 Å². The molecular weight excluding hydrogens is 268 g/mol. The van der Waals surface area contributed by atoms with Gasteiger partial charge in [0.05, 0.1) is 0 Å². The van der Waals surface area contributed by atoms with Crippen molar-refractivity contribution in [3.8, 4) is 0 Å². The molecule has 0 unspecified atom stereocenters. The van der Waals surface area contributed by atoms with E-state index in [0.717, 1.165) is 6.26 Å². The minimum atomic E-state index is -1.57. The van der Waals surface area contributed by atoms with Crippen LogP contribution >= 0.6 is 0 Å². The van der Waals surface area contributed by atoms with Crippen molar-refractivity contribution in [2.24, 2.45) is 0 Å². The highest BCUT2D eigenvalue weighted by molar-refractivity contribution is 4.84. The van der Waals surface area contributed by atoms with E-state index < -0.39 is 22.3 Å². The molecule has 1 aromatic heterocycles. The molecule has 11 heteroatoms. The fourth-order valence-corrected chi connectivity index (χ4v) is 1.31. The van der Waals surface area contributed by atoms with Gasteiger partial charge in [-0.1, -0.05) is 0 Å². The molecule has 0 bridgehead atoms. The van der Waals surface area contributed by atoms with E-state index in [2.05, 4.69) is 18.5 Å². The summed E-state index contributed by atoms with van der Waals surface area (Å²) in [6, 6.07) is 0. The van der Waals surface area contributed by atoms with Gasteiger partial charge in [0.1, 0.15) is 12.0 Å². The van der Waals surface area contributed by atoms with Crippen molar-refractivity contribution >= 4 is 0 Å². The summed E-state index contributed by atoms with van der Waals surface area (Å²) in [5.41, 5.74) is 0. The van der Waals surface area contributed by atoms with E-state index in [-0.39, 0.29) is 6.42 Å². The lowest BCUT2D eigenvalue weighted by atomic mass is 10.2. The Morgan fingerprint density at radius 1 is 1.21 bits per heavy atom. The summed E-state index contributed by atoms with van der Waals surface area (Å²) in [6.07, 6.45) is 0.684. The molecule has 0 spiro atoms. The summed E-state index contributed by atoms with van der Waals surface area (Å²) in [7, 11) is 0. The van der Waals surface area contributed by atoms with Gasteiger partial charge < -0.3 is 8.83 Å². The third kappa shape index (κ3) is 6.05. The molecule has 0 fully saturated rings. The first kappa shape index (κ1) is 14.5. The van der Waals surface area contributed by atoms with Crippen LogP contribution in [0.25, 0.3) is 0 Å². The lowest BCUT2D eigenvalue weighted by molar-refractivity contribution is -0.851. The topological polar surface area (TPSA) is 148 Å². The van der Waals surface area contributed by atoms with Gasteiger partial charge >= 0.3 is 5.82 Å². The van der Waals surface area contributed by atoms with E-state index in [4.69, 9.17) is 0 Å². The molecule has 0 saturated heterocycles. The van der Waals surface area contributed by atoms with Gasteiger partial charge in [-0.15, -0.1) is 20.2 Å². The summed E-state index contributed by atoms with van der Waals surface area (Å²) >= 11 is 0. The van der Waals surface area contributed by atoms with Crippen molar-refractivity contribution in [1.82, 2.24) is 0 Å². The van der Waals surface area contributed by atoms with Gasteiger partial charge in [-0.2, -0.15) is 0 Å². The third-order valence-electron chi connectivity index (χ3n) is 2.02. The highest BCUT2D eigenvalue weighted by Gasteiger charge is 2.17. The summed E-state index contributed by atoms with van der Waals surface area (Å²) < 4.78 is 9.02. The molecule has 0 aliphatic heterocycles. The van der Waals surface area contributed by atoms with Crippen LogP contribution in [0.1, 0.15) is 25.0 Å². The van der Waals surface area contributed by atoms with E-state index in [1.165, 1.54) is 0 Å². The quantitative estimate of drug-likeness (QED) is 0.275. The van der Waals surface area contributed by atoms with Crippen LogP contribution in [0.3, 0.4) is 0 Å². The Hall–Kier alpha value is -2.59. The minimum absolute atomic E-state index is 0.0515. The van der Waals surface area contributed by atoms with Gasteiger partial charge in [0, 0.05) is 6.42 Å². The predicted molar refractivity (Wildman–Crippen MR) is 54.7 cm³/mol.